The largest absolute Gasteiger partial charge is 0.327 e. The lowest BCUT2D eigenvalue weighted by Crippen LogP contribution is -2.25. The summed E-state index contributed by atoms with van der Waals surface area (Å²) in [4.78, 5) is 18.1. The van der Waals surface area contributed by atoms with Crippen molar-refractivity contribution in [3.63, 3.8) is 0 Å². The van der Waals surface area contributed by atoms with Crippen LogP contribution in [-0.2, 0) is 10.0 Å². The van der Waals surface area contributed by atoms with Gasteiger partial charge in [0.25, 0.3) is 0 Å². The van der Waals surface area contributed by atoms with Gasteiger partial charge in [0.05, 0.1) is 35.0 Å². The van der Waals surface area contributed by atoms with E-state index in [1.807, 2.05) is 24.3 Å². The number of H-pyrrole nitrogens is 1. The SMILES string of the molecule is CN(c1ccccc1-c1ccc2cnc(Nc3ccc(=O)[nH]c3)nn12)S(C)(=O)=O. The molecule has 0 aliphatic heterocycles. The maximum absolute atomic E-state index is 12.1. The summed E-state index contributed by atoms with van der Waals surface area (Å²) in [7, 11) is -1.91. The second kappa shape index (κ2) is 7.06. The normalized spacial score (nSPS) is 11.5. The average molecular weight is 410 g/mol. The number of benzene rings is 1. The van der Waals surface area contributed by atoms with Crippen LogP contribution < -0.4 is 15.2 Å². The summed E-state index contributed by atoms with van der Waals surface area (Å²) in [5.41, 5.74) is 3.17. The van der Waals surface area contributed by atoms with E-state index in [0.29, 0.717) is 22.9 Å². The number of hydrogen-bond donors (Lipinski definition) is 2. The molecule has 9 nitrogen and oxygen atoms in total. The van der Waals surface area contributed by atoms with Gasteiger partial charge < -0.3 is 10.3 Å². The van der Waals surface area contributed by atoms with Crippen LogP contribution in [0.5, 0.6) is 0 Å². The molecule has 0 bridgehead atoms. The van der Waals surface area contributed by atoms with Gasteiger partial charge in [-0.25, -0.2) is 17.9 Å². The molecule has 0 radical (unpaired) electrons. The molecule has 0 amide bonds. The third-order valence-electron chi connectivity index (χ3n) is 4.46. The number of hydrogen-bond acceptors (Lipinski definition) is 6. The summed E-state index contributed by atoms with van der Waals surface area (Å²) in [6, 6.07) is 14.0. The van der Waals surface area contributed by atoms with Crippen molar-refractivity contribution < 1.29 is 8.42 Å². The number of sulfonamides is 1. The molecule has 0 atom stereocenters. The third-order valence-corrected chi connectivity index (χ3v) is 5.65. The lowest BCUT2D eigenvalue weighted by molar-refractivity contribution is 0.600. The van der Waals surface area contributed by atoms with Crippen LogP contribution in [0, 0.1) is 0 Å². The van der Waals surface area contributed by atoms with Crippen molar-refractivity contribution in [2.75, 3.05) is 22.9 Å². The Kier molecular flexibility index (Phi) is 4.55. The predicted octanol–water partition coefficient (Wildman–Crippen LogP) is 2.22. The molecule has 4 rings (SSSR count). The zero-order chi connectivity index (χ0) is 20.6. The van der Waals surface area contributed by atoms with Gasteiger partial charge in [0.2, 0.25) is 21.5 Å². The summed E-state index contributed by atoms with van der Waals surface area (Å²) in [6.07, 6.45) is 4.35. The van der Waals surface area contributed by atoms with Gasteiger partial charge >= 0.3 is 0 Å². The van der Waals surface area contributed by atoms with Gasteiger partial charge in [-0.1, -0.05) is 18.2 Å². The number of nitrogens with zero attached hydrogens (tertiary/aromatic N) is 4. The first-order valence-electron chi connectivity index (χ1n) is 8.67. The van der Waals surface area contributed by atoms with E-state index in [0.717, 1.165) is 17.5 Å². The summed E-state index contributed by atoms with van der Waals surface area (Å²) in [6.45, 7) is 0. The number of aromatic amines is 1. The second-order valence-electron chi connectivity index (χ2n) is 6.45. The molecular formula is C19H18N6O3S. The van der Waals surface area contributed by atoms with Crippen LogP contribution in [0.15, 0.2) is 65.7 Å². The highest BCUT2D eigenvalue weighted by Gasteiger charge is 2.18. The van der Waals surface area contributed by atoms with Gasteiger partial charge in [0, 0.05) is 24.9 Å². The van der Waals surface area contributed by atoms with E-state index in [2.05, 4.69) is 20.4 Å². The minimum absolute atomic E-state index is 0.203. The highest BCUT2D eigenvalue weighted by atomic mass is 32.2. The van der Waals surface area contributed by atoms with Crippen LogP contribution in [-0.4, -0.2) is 41.3 Å². The Balaban J connectivity index is 1.80. The molecule has 0 aliphatic rings. The number of aromatic nitrogens is 4. The first-order chi connectivity index (χ1) is 13.8. The van der Waals surface area contributed by atoms with Crippen molar-refractivity contribution in [3.05, 3.63) is 71.3 Å². The number of fused-ring (bicyclic) bond motifs is 1. The quantitative estimate of drug-likeness (QED) is 0.522. The van der Waals surface area contributed by atoms with Crippen molar-refractivity contribution in [1.82, 2.24) is 19.6 Å². The first-order valence-corrected chi connectivity index (χ1v) is 10.5. The Morgan fingerprint density at radius 2 is 1.90 bits per heavy atom. The molecule has 0 aliphatic carbocycles. The van der Waals surface area contributed by atoms with E-state index in [1.165, 1.54) is 23.6 Å². The van der Waals surface area contributed by atoms with Crippen LogP contribution >= 0.6 is 0 Å². The topological polar surface area (TPSA) is 112 Å². The third kappa shape index (κ3) is 3.69. The van der Waals surface area contributed by atoms with E-state index in [9.17, 15) is 13.2 Å². The number of pyridine rings is 1. The van der Waals surface area contributed by atoms with Crippen molar-refractivity contribution >= 4 is 32.9 Å². The van der Waals surface area contributed by atoms with Gasteiger partial charge in [-0.05, 0) is 24.3 Å². The fourth-order valence-corrected chi connectivity index (χ4v) is 3.44. The maximum atomic E-state index is 12.1. The average Bonchev–Trinajstić information content (AvgIpc) is 3.11. The lowest BCUT2D eigenvalue weighted by Gasteiger charge is -2.20. The monoisotopic (exact) mass is 410 g/mol. The number of para-hydroxylation sites is 1. The van der Waals surface area contributed by atoms with Crippen molar-refractivity contribution in [1.29, 1.82) is 0 Å². The highest BCUT2D eigenvalue weighted by molar-refractivity contribution is 7.92. The minimum atomic E-state index is -3.43. The molecule has 3 heterocycles. The Morgan fingerprint density at radius 1 is 1.10 bits per heavy atom. The Labute approximate surface area is 166 Å². The van der Waals surface area contributed by atoms with Crippen LogP contribution in [0.4, 0.5) is 17.3 Å². The first kappa shape index (κ1) is 18.7. The Bertz CT molecular complexity index is 1340. The predicted molar refractivity (Wildman–Crippen MR) is 112 cm³/mol. The summed E-state index contributed by atoms with van der Waals surface area (Å²) >= 11 is 0. The summed E-state index contributed by atoms with van der Waals surface area (Å²) in [5, 5.41) is 7.56. The van der Waals surface area contributed by atoms with Gasteiger partial charge in [0.1, 0.15) is 0 Å². The van der Waals surface area contributed by atoms with Gasteiger partial charge in [-0.3, -0.25) is 9.10 Å². The molecule has 0 saturated heterocycles. The summed E-state index contributed by atoms with van der Waals surface area (Å²) in [5.74, 6) is 0.330. The van der Waals surface area contributed by atoms with Crippen molar-refractivity contribution in [2.45, 2.75) is 0 Å². The van der Waals surface area contributed by atoms with E-state index >= 15 is 0 Å². The summed E-state index contributed by atoms with van der Waals surface area (Å²) < 4.78 is 27.0. The number of rotatable bonds is 5. The molecule has 0 unspecified atom stereocenters. The second-order valence-corrected chi connectivity index (χ2v) is 8.47. The van der Waals surface area contributed by atoms with Crippen molar-refractivity contribution in [2.24, 2.45) is 0 Å². The molecule has 148 valence electrons. The van der Waals surface area contributed by atoms with Gasteiger partial charge in [-0.2, -0.15) is 0 Å². The van der Waals surface area contributed by atoms with Gasteiger partial charge in [-0.15, -0.1) is 5.10 Å². The Morgan fingerprint density at radius 3 is 2.62 bits per heavy atom. The van der Waals surface area contributed by atoms with Crippen LogP contribution in [0.1, 0.15) is 0 Å². The number of anilines is 3. The van der Waals surface area contributed by atoms with E-state index in [-0.39, 0.29) is 5.56 Å². The van der Waals surface area contributed by atoms with E-state index in [1.54, 1.807) is 28.9 Å². The maximum Gasteiger partial charge on any atom is 0.248 e. The highest BCUT2D eigenvalue weighted by Crippen LogP contribution is 2.32. The zero-order valence-electron chi connectivity index (χ0n) is 15.7. The molecule has 0 spiro atoms. The molecule has 1 aromatic carbocycles. The van der Waals surface area contributed by atoms with Crippen LogP contribution in [0.2, 0.25) is 0 Å². The standard InChI is InChI=1S/C19H18N6O3S/c1-24(29(2,27)28)16-6-4-3-5-15(16)17-9-8-14-12-21-19(23-25(14)17)22-13-7-10-18(26)20-11-13/h3-12H,1-2H3,(H,20,26)(H,22,23). The Hall–Kier alpha value is -3.66. The number of nitrogens with one attached hydrogen (secondary N) is 2. The molecule has 2 N–H and O–H groups in total. The van der Waals surface area contributed by atoms with Crippen LogP contribution in [0.3, 0.4) is 0 Å². The van der Waals surface area contributed by atoms with Gasteiger partial charge in [0.15, 0.2) is 0 Å². The molecule has 10 heteroatoms. The molecule has 29 heavy (non-hydrogen) atoms. The smallest absolute Gasteiger partial charge is 0.248 e. The molecule has 3 aromatic heterocycles. The molecule has 0 fully saturated rings. The fraction of sp³-hybridized carbons (Fsp3) is 0.105. The van der Waals surface area contributed by atoms with E-state index in [4.69, 9.17) is 0 Å². The minimum Gasteiger partial charge on any atom is -0.327 e. The molecule has 0 saturated carbocycles. The molecular weight excluding hydrogens is 392 g/mol. The molecule has 4 aromatic rings. The fourth-order valence-electron chi connectivity index (χ4n) is 2.92. The van der Waals surface area contributed by atoms with Crippen molar-refractivity contribution in [3.8, 4) is 11.3 Å². The zero-order valence-corrected chi connectivity index (χ0v) is 16.5. The van der Waals surface area contributed by atoms with Crippen LogP contribution in [0.25, 0.3) is 16.8 Å². The van der Waals surface area contributed by atoms with E-state index < -0.39 is 10.0 Å². The lowest BCUT2D eigenvalue weighted by atomic mass is 10.1.